The number of carbonyl (C=O) groups is 1. The molecular formula is C13H17NO3. The Bertz CT molecular complexity index is 431. The third-order valence-corrected chi connectivity index (χ3v) is 2.97. The molecule has 2 rings (SSSR count). The molecule has 0 radical (unpaired) electrons. The number of ether oxygens (including phenoxy) is 1. The summed E-state index contributed by atoms with van der Waals surface area (Å²) >= 11 is 0. The highest BCUT2D eigenvalue weighted by Gasteiger charge is 2.21. The highest BCUT2D eigenvalue weighted by molar-refractivity contribution is 5.94. The summed E-state index contributed by atoms with van der Waals surface area (Å²) < 4.78 is 5.47. The molecule has 0 spiro atoms. The molecule has 1 saturated heterocycles. The maximum absolute atomic E-state index is 11.2. The van der Waals surface area contributed by atoms with Gasteiger partial charge in [0.15, 0.2) is 0 Å². The van der Waals surface area contributed by atoms with Gasteiger partial charge in [0.05, 0.1) is 24.0 Å². The Kier molecular flexibility index (Phi) is 3.33. The van der Waals surface area contributed by atoms with Crippen LogP contribution in [0.15, 0.2) is 18.2 Å². The standard InChI is InChI=1S/C13H17NO3/c1-9-3-4-11(13(15)16)12(7-9)14-5-6-17-10(2)8-14/h3-4,7,10H,5-6,8H2,1-2H3,(H,15,16). The lowest BCUT2D eigenvalue weighted by Crippen LogP contribution is -2.41. The van der Waals surface area contributed by atoms with E-state index in [9.17, 15) is 9.90 Å². The molecule has 1 heterocycles. The number of carboxylic acid groups (broad SMARTS) is 1. The van der Waals surface area contributed by atoms with Crippen LogP contribution in [0.5, 0.6) is 0 Å². The number of aromatic carboxylic acids is 1. The molecule has 0 aromatic heterocycles. The number of anilines is 1. The summed E-state index contributed by atoms with van der Waals surface area (Å²) in [7, 11) is 0. The van der Waals surface area contributed by atoms with Gasteiger partial charge in [-0.05, 0) is 31.5 Å². The maximum atomic E-state index is 11.2. The van der Waals surface area contributed by atoms with Crippen molar-refractivity contribution in [1.29, 1.82) is 0 Å². The van der Waals surface area contributed by atoms with E-state index in [0.717, 1.165) is 24.3 Å². The number of rotatable bonds is 2. The summed E-state index contributed by atoms with van der Waals surface area (Å²) in [5.74, 6) is -0.876. The normalized spacial score (nSPS) is 20.4. The average molecular weight is 235 g/mol. The monoisotopic (exact) mass is 235 g/mol. The number of morpholine rings is 1. The van der Waals surface area contributed by atoms with Crippen molar-refractivity contribution in [2.45, 2.75) is 20.0 Å². The zero-order valence-corrected chi connectivity index (χ0v) is 10.1. The van der Waals surface area contributed by atoms with E-state index in [4.69, 9.17) is 4.74 Å². The van der Waals surface area contributed by atoms with E-state index in [1.807, 2.05) is 26.0 Å². The molecule has 1 aliphatic rings. The third-order valence-electron chi connectivity index (χ3n) is 2.97. The van der Waals surface area contributed by atoms with Crippen LogP contribution in [0.1, 0.15) is 22.8 Å². The van der Waals surface area contributed by atoms with Crippen molar-refractivity contribution in [3.05, 3.63) is 29.3 Å². The number of carboxylic acids is 1. The van der Waals surface area contributed by atoms with Crippen molar-refractivity contribution in [1.82, 2.24) is 0 Å². The molecule has 0 saturated carbocycles. The minimum atomic E-state index is -0.876. The summed E-state index contributed by atoms with van der Waals surface area (Å²) in [6.45, 7) is 6.10. The van der Waals surface area contributed by atoms with Crippen LogP contribution >= 0.6 is 0 Å². The van der Waals surface area contributed by atoms with E-state index < -0.39 is 5.97 Å². The maximum Gasteiger partial charge on any atom is 0.337 e. The summed E-state index contributed by atoms with van der Waals surface area (Å²) in [6.07, 6.45) is 0.144. The van der Waals surface area contributed by atoms with Gasteiger partial charge in [-0.15, -0.1) is 0 Å². The first-order chi connectivity index (χ1) is 8.08. The number of hydrogen-bond acceptors (Lipinski definition) is 3. The van der Waals surface area contributed by atoms with Crippen molar-refractivity contribution in [2.75, 3.05) is 24.6 Å². The molecule has 4 heteroatoms. The number of aryl methyl sites for hydroxylation is 1. The first kappa shape index (κ1) is 11.9. The molecule has 1 fully saturated rings. The minimum Gasteiger partial charge on any atom is -0.478 e. The lowest BCUT2D eigenvalue weighted by molar-refractivity contribution is 0.0527. The third kappa shape index (κ3) is 2.58. The van der Waals surface area contributed by atoms with E-state index in [-0.39, 0.29) is 6.10 Å². The Morgan fingerprint density at radius 2 is 2.29 bits per heavy atom. The van der Waals surface area contributed by atoms with Crippen molar-refractivity contribution >= 4 is 11.7 Å². The Labute approximate surface area is 101 Å². The van der Waals surface area contributed by atoms with E-state index >= 15 is 0 Å². The van der Waals surface area contributed by atoms with Gasteiger partial charge in [-0.3, -0.25) is 0 Å². The second-order valence-electron chi connectivity index (χ2n) is 4.45. The van der Waals surface area contributed by atoms with Gasteiger partial charge in [-0.2, -0.15) is 0 Å². The van der Waals surface area contributed by atoms with Crippen molar-refractivity contribution < 1.29 is 14.6 Å². The first-order valence-electron chi connectivity index (χ1n) is 5.78. The van der Waals surface area contributed by atoms with Crippen LogP contribution < -0.4 is 4.90 Å². The van der Waals surface area contributed by atoms with Crippen LogP contribution in [0.3, 0.4) is 0 Å². The van der Waals surface area contributed by atoms with Crippen molar-refractivity contribution in [3.8, 4) is 0 Å². The Morgan fingerprint density at radius 1 is 1.53 bits per heavy atom. The van der Waals surface area contributed by atoms with Gasteiger partial charge >= 0.3 is 5.97 Å². The summed E-state index contributed by atoms with van der Waals surface area (Å²) in [5, 5.41) is 9.20. The smallest absolute Gasteiger partial charge is 0.337 e. The summed E-state index contributed by atoms with van der Waals surface area (Å²) in [5.41, 5.74) is 2.24. The summed E-state index contributed by atoms with van der Waals surface area (Å²) in [6, 6.07) is 5.44. The molecule has 0 bridgehead atoms. The minimum absolute atomic E-state index is 0.144. The van der Waals surface area contributed by atoms with Gasteiger partial charge in [-0.1, -0.05) is 6.07 Å². The number of nitrogens with zero attached hydrogens (tertiary/aromatic N) is 1. The fourth-order valence-electron chi connectivity index (χ4n) is 2.12. The Hall–Kier alpha value is -1.55. The van der Waals surface area contributed by atoms with Crippen LogP contribution in [-0.4, -0.2) is 36.9 Å². The largest absolute Gasteiger partial charge is 0.478 e. The van der Waals surface area contributed by atoms with E-state index in [1.165, 1.54) is 0 Å². The van der Waals surface area contributed by atoms with Gasteiger partial charge in [0.1, 0.15) is 0 Å². The van der Waals surface area contributed by atoms with Crippen LogP contribution in [0.2, 0.25) is 0 Å². The van der Waals surface area contributed by atoms with Crippen molar-refractivity contribution in [3.63, 3.8) is 0 Å². The second kappa shape index (κ2) is 4.75. The van der Waals surface area contributed by atoms with Gasteiger partial charge < -0.3 is 14.7 Å². The fourth-order valence-corrected chi connectivity index (χ4v) is 2.12. The predicted molar refractivity (Wildman–Crippen MR) is 65.8 cm³/mol. The Balaban J connectivity index is 2.35. The molecule has 1 aliphatic heterocycles. The van der Waals surface area contributed by atoms with Crippen LogP contribution in [0, 0.1) is 6.92 Å². The molecule has 1 aromatic rings. The SMILES string of the molecule is Cc1ccc(C(=O)O)c(N2CCOC(C)C2)c1. The first-order valence-corrected chi connectivity index (χ1v) is 5.78. The molecule has 0 aliphatic carbocycles. The molecular weight excluding hydrogens is 218 g/mol. The molecule has 92 valence electrons. The fraction of sp³-hybridized carbons (Fsp3) is 0.462. The van der Waals surface area contributed by atoms with E-state index in [1.54, 1.807) is 6.07 Å². The van der Waals surface area contributed by atoms with Crippen molar-refractivity contribution in [2.24, 2.45) is 0 Å². The van der Waals surface area contributed by atoms with Crippen LogP contribution in [0.25, 0.3) is 0 Å². The molecule has 0 amide bonds. The summed E-state index contributed by atoms with van der Waals surface area (Å²) in [4.78, 5) is 13.3. The molecule has 1 aromatic carbocycles. The molecule has 4 nitrogen and oxygen atoms in total. The quantitative estimate of drug-likeness (QED) is 0.850. The van der Waals surface area contributed by atoms with E-state index in [2.05, 4.69) is 4.90 Å². The van der Waals surface area contributed by atoms with Crippen LogP contribution in [0.4, 0.5) is 5.69 Å². The Morgan fingerprint density at radius 3 is 2.94 bits per heavy atom. The van der Waals surface area contributed by atoms with Gasteiger partial charge in [-0.25, -0.2) is 4.79 Å². The van der Waals surface area contributed by atoms with Gasteiger partial charge in [0.2, 0.25) is 0 Å². The topological polar surface area (TPSA) is 49.8 Å². The lowest BCUT2D eigenvalue weighted by atomic mass is 10.1. The number of hydrogen-bond donors (Lipinski definition) is 1. The average Bonchev–Trinajstić information content (AvgIpc) is 2.28. The highest BCUT2D eigenvalue weighted by atomic mass is 16.5. The molecule has 17 heavy (non-hydrogen) atoms. The van der Waals surface area contributed by atoms with E-state index in [0.29, 0.717) is 12.2 Å². The molecule has 1 atom stereocenters. The highest BCUT2D eigenvalue weighted by Crippen LogP contribution is 2.24. The zero-order valence-electron chi connectivity index (χ0n) is 10.1. The lowest BCUT2D eigenvalue weighted by Gasteiger charge is -2.33. The number of benzene rings is 1. The van der Waals surface area contributed by atoms with Crippen LogP contribution in [-0.2, 0) is 4.74 Å². The van der Waals surface area contributed by atoms with Gasteiger partial charge in [0, 0.05) is 13.1 Å². The zero-order chi connectivity index (χ0) is 12.4. The second-order valence-corrected chi connectivity index (χ2v) is 4.45. The van der Waals surface area contributed by atoms with Gasteiger partial charge in [0.25, 0.3) is 0 Å². The predicted octanol–water partition coefficient (Wildman–Crippen LogP) is 1.92. The molecule has 1 unspecified atom stereocenters. The molecule has 1 N–H and O–H groups in total.